The molecule has 0 aliphatic carbocycles. The molecule has 0 unspecified atom stereocenters. The molecule has 3 rings (SSSR count). The van der Waals surface area contributed by atoms with Crippen molar-refractivity contribution in [1.82, 2.24) is 9.55 Å². The van der Waals surface area contributed by atoms with Crippen LogP contribution >= 0.6 is 0 Å². The maximum absolute atomic E-state index is 11.5. The molecular formula is C15H14N2O2. The van der Waals surface area contributed by atoms with Gasteiger partial charge in [-0.2, -0.15) is 0 Å². The predicted molar refractivity (Wildman–Crippen MR) is 74.5 cm³/mol. The average Bonchev–Trinajstić information content (AvgIpc) is 2.88. The molecule has 4 nitrogen and oxygen atoms in total. The van der Waals surface area contributed by atoms with Gasteiger partial charge < -0.3 is 14.3 Å². The lowest BCUT2D eigenvalue weighted by atomic mass is 10.2. The second-order valence-electron chi connectivity index (χ2n) is 4.31. The molecule has 4 heteroatoms. The van der Waals surface area contributed by atoms with Crippen molar-refractivity contribution in [3.8, 4) is 5.75 Å². The smallest absolute Gasteiger partial charge is 0.250 e. The molecule has 0 saturated carbocycles. The van der Waals surface area contributed by atoms with Crippen LogP contribution in [-0.2, 0) is 6.54 Å². The Morgan fingerprint density at radius 2 is 2.11 bits per heavy atom. The maximum Gasteiger partial charge on any atom is 0.250 e. The molecule has 0 spiro atoms. The SMILES string of the molecule is O=c1ccccn1CCOc1ccc2[nH]ccc2c1. The highest BCUT2D eigenvalue weighted by Gasteiger charge is 1.99. The summed E-state index contributed by atoms with van der Waals surface area (Å²) < 4.78 is 7.30. The van der Waals surface area contributed by atoms with Crippen LogP contribution in [0.3, 0.4) is 0 Å². The fourth-order valence-corrected chi connectivity index (χ4v) is 2.03. The van der Waals surface area contributed by atoms with Crippen molar-refractivity contribution in [2.75, 3.05) is 6.61 Å². The van der Waals surface area contributed by atoms with E-state index < -0.39 is 0 Å². The number of ether oxygens (including phenoxy) is 1. The van der Waals surface area contributed by atoms with E-state index in [1.807, 2.05) is 36.5 Å². The average molecular weight is 254 g/mol. The van der Waals surface area contributed by atoms with Gasteiger partial charge in [-0.05, 0) is 30.3 Å². The molecule has 96 valence electrons. The van der Waals surface area contributed by atoms with Crippen LogP contribution < -0.4 is 10.3 Å². The second kappa shape index (κ2) is 5.02. The molecular weight excluding hydrogens is 240 g/mol. The molecule has 2 aromatic heterocycles. The number of pyridine rings is 1. The molecule has 2 heterocycles. The maximum atomic E-state index is 11.5. The van der Waals surface area contributed by atoms with Crippen LogP contribution in [0, 0.1) is 0 Å². The summed E-state index contributed by atoms with van der Waals surface area (Å²) in [5.41, 5.74) is 1.08. The minimum atomic E-state index is -0.00723. The van der Waals surface area contributed by atoms with Gasteiger partial charge in [0.2, 0.25) is 0 Å². The second-order valence-corrected chi connectivity index (χ2v) is 4.31. The van der Waals surface area contributed by atoms with Crippen molar-refractivity contribution >= 4 is 10.9 Å². The van der Waals surface area contributed by atoms with Gasteiger partial charge in [-0.3, -0.25) is 4.79 Å². The van der Waals surface area contributed by atoms with Gasteiger partial charge in [0.25, 0.3) is 5.56 Å². The van der Waals surface area contributed by atoms with Gasteiger partial charge in [0, 0.05) is 29.4 Å². The molecule has 1 aromatic carbocycles. The third-order valence-electron chi connectivity index (χ3n) is 3.02. The minimum absolute atomic E-state index is 0.00723. The highest BCUT2D eigenvalue weighted by Crippen LogP contribution is 2.19. The number of fused-ring (bicyclic) bond motifs is 1. The normalized spacial score (nSPS) is 10.7. The Balaban J connectivity index is 1.66. The Hall–Kier alpha value is -2.49. The summed E-state index contributed by atoms with van der Waals surface area (Å²) in [6, 6.07) is 13.0. The Morgan fingerprint density at radius 1 is 1.16 bits per heavy atom. The number of aromatic amines is 1. The van der Waals surface area contributed by atoms with E-state index in [2.05, 4.69) is 4.98 Å². The molecule has 0 fully saturated rings. The van der Waals surface area contributed by atoms with Crippen LogP contribution in [0.1, 0.15) is 0 Å². The van der Waals surface area contributed by atoms with Crippen molar-refractivity contribution < 1.29 is 4.74 Å². The van der Waals surface area contributed by atoms with E-state index in [1.165, 1.54) is 0 Å². The zero-order valence-electron chi connectivity index (χ0n) is 10.4. The topological polar surface area (TPSA) is 47.0 Å². The third-order valence-corrected chi connectivity index (χ3v) is 3.02. The fraction of sp³-hybridized carbons (Fsp3) is 0.133. The fourth-order valence-electron chi connectivity index (χ4n) is 2.03. The van der Waals surface area contributed by atoms with E-state index in [0.717, 1.165) is 16.7 Å². The van der Waals surface area contributed by atoms with Crippen LogP contribution in [0.15, 0.2) is 59.7 Å². The third kappa shape index (κ3) is 2.52. The van der Waals surface area contributed by atoms with Crippen LogP contribution in [0.5, 0.6) is 5.75 Å². The van der Waals surface area contributed by atoms with Crippen LogP contribution in [-0.4, -0.2) is 16.2 Å². The van der Waals surface area contributed by atoms with Crippen molar-refractivity contribution in [1.29, 1.82) is 0 Å². The van der Waals surface area contributed by atoms with Crippen molar-refractivity contribution in [2.45, 2.75) is 6.54 Å². The van der Waals surface area contributed by atoms with Crippen LogP contribution in [0.25, 0.3) is 10.9 Å². The van der Waals surface area contributed by atoms with Gasteiger partial charge in [0.15, 0.2) is 0 Å². The van der Waals surface area contributed by atoms with Gasteiger partial charge in [-0.1, -0.05) is 6.07 Å². The number of benzene rings is 1. The highest BCUT2D eigenvalue weighted by atomic mass is 16.5. The Labute approximate surface area is 110 Å². The van der Waals surface area contributed by atoms with Gasteiger partial charge in [-0.25, -0.2) is 0 Å². The molecule has 0 amide bonds. The summed E-state index contributed by atoms with van der Waals surface area (Å²) in [4.78, 5) is 14.6. The minimum Gasteiger partial charge on any atom is -0.492 e. The summed E-state index contributed by atoms with van der Waals surface area (Å²) in [5.74, 6) is 0.816. The summed E-state index contributed by atoms with van der Waals surface area (Å²) in [7, 11) is 0. The molecule has 3 aromatic rings. The van der Waals surface area contributed by atoms with E-state index in [0.29, 0.717) is 13.2 Å². The van der Waals surface area contributed by atoms with E-state index in [4.69, 9.17) is 4.74 Å². The number of aromatic nitrogens is 2. The summed E-state index contributed by atoms with van der Waals surface area (Å²) in [5, 5.41) is 1.12. The number of nitrogens with zero attached hydrogens (tertiary/aromatic N) is 1. The lowest BCUT2D eigenvalue weighted by molar-refractivity contribution is 0.297. The monoisotopic (exact) mass is 254 g/mol. The van der Waals surface area contributed by atoms with Crippen molar-refractivity contribution in [3.63, 3.8) is 0 Å². The molecule has 0 radical (unpaired) electrons. The molecule has 19 heavy (non-hydrogen) atoms. The Bertz CT molecular complexity index is 743. The van der Waals surface area contributed by atoms with Gasteiger partial charge >= 0.3 is 0 Å². The zero-order chi connectivity index (χ0) is 13.1. The predicted octanol–water partition coefficient (Wildman–Crippen LogP) is 2.41. The molecule has 0 atom stereocenters. The molecule has 0 saturated heterocycles. The molecule has 0 aliphatic rings. The van der Waals surface area contributed by atoms with E-state index in [1.54, 1.807) is 22.9 Å². The van der Waals surface area contributed by atoms with Crippen LogP contribution in [0.4, 0.5) is 0 Å². The summed E-state index contributed by atoms with van der Waals surface area (Å²) in [6.07, 6.45) is 3.67. The Morgan fingerprint density at radius 3 is 3.00 bits per heavy atom. The molecule has 1 N–H and O–H groups in total. The number of nitrogens with one attached hydrogen (secondary N) is 1. The lowest BCUT2D eigenvalue weighted by Gasteiger charge is -2.08. The zero-order valence-corrected chi connectivity index (χ0v) is 10.4. The Kier molecular flexibility index (Phi) is 3.06. The first-order valence-electron chi connectivity index (χ1n) is 6.18. The first-order chi connectivity index (χ1) is 9.33. The first kappa shape index (κ1) is 11.6. The number of hydrogen-bond donors (Lipinski definition) is 1. The lowest BCUT2D eigenvalue weighted by Crippen LogP contribution is -2.21. The van der Waals surface area contributed by atoms with Crippen LogP contribution in [0.2, 0.25) is 0 Å². The molecule has 0 bridgehead atoms. The number of hydrogen-bond acceptors (Lipinski definition) is 2. The summed E-state index contributed by atoms with van der Waals surface area (Å²) in [6.45, 7) is 1.02. The van der Waals surface area contributed by atoms with Crippen molar-refractivity contribution in [2.24, 2.45) is 0 Å². The van der Waals surface area contributed by atoms with E-state index in [-0.39, 0.29) is 5.56 Å². The van der Waals surface area contributed by atoms with E-state index in [9.17, 15) is 4.79 Å². The molecule has 0 aliphatic heterocycles. The van der Waals surface area contributed by atoms with E-state index >= 15 is 0 Å². The van der Waals surface area contributed by atoms with Crippen molar-refractivity contribution in [3.05, 3.63) is 65.2 Å². The number of rotatable bonds is 4. The first-order valence-corrected chi connectivity index (χ1v) is 6.18. The summed E-state index contributed by atoms with van der Waals surface area (Å²) >= 11 is 0. The largest absolute Gasteiger partial charge is 0.492 e. The van der Waals surface area contributed by atoms with Gasteiger partial charge in [-0.15, -0.1) is 0 Å². The standard InChI is InChI=1S/C15H14N2O2/c18-15-3-1-2-8-17(15)9-10-19-13-4-5-14-12(11-13)6-7-16-14/h1-8,11,16H,9-10H2. The van der Waals surface area contributed by atoms with Gasteiger partial charge in [0.1, 0.15) is 12.4 Å². The quantitative estimate of drug-likeness (QED) is 0.777. The highest BCUT2D eigenvalue weighted by molar-refractivity contribution is 5.80. The van der Waals surface area contributed by atoms with Gasteiger partial charge in [0.05, 0.1) is 6.54 Å². The number of H-pyrrole nitrogens is 1.